The number of benzene rings is 6. The number of hydrogen-bond donors (Lipinski definition) is 3. The number of nitrogens with one attached hydrogen (secondary N) is 2. The molecule has 18 nitrogen and oxygen atoms in total. The molecule has 22 heteroatoms. The zero-order valence-electron chi connectivity index (χ0n) is 79.8. The van der Waals surface area contributed by atoms with E-state index in [0.29, 0.717) is 0 Å². The average Bonchev–Trinajstić information content (AvgIpc) is 0.854. The van der Waals surface area contributed by atoms with E-state index in [2.05, 4.69) is 39.1 Å². The van der Waals surface area contributed by atoms with Gasteiger partial charge in [-0.05, 0) is 73.1 Å². The molecule has 1 aliphatic rings. The number of aromatic nitrogens is 4. The number of aromatic amines is 1. The normalized spacial score (nSPS) is 8.28. The number of pyridine rings is 4. The maximum Gasteiger partial charge on any atom is 0.350 e. The van der Waals surface area contributed by atoms with E-state index in [9.17, 15) is 14.4 Å². The Hall–Kier alpha value is -6.86. The van der Waals surface area contributed by atoms with Gasteiger partial charge in [-0.3, -0.25) is 19.7 Å². The minimum absolute atomic E-state index is 0. The van der Waals surface area contributed by atoms with Crippen LogP contribution >= 0.6 is 11.6 Å². The number of anilines is 2. The van der Waals surface area contributed by atoms with Crippen molar-refractivity contribution in [2.75, 3.05) is 11.1 Å². The number of nitrogens with zero attached hydrogens (tertiary/aromatic N) is 5. The van der Waals surface area contributed by atoms with Crippen LogP contribution in [-0.2, 0) is 117 Å². The predicted molar refractivity (Wildman–Crippen MR) is 513 cm³/mol. The maximum absolute atomic E-state index is 11.6. The molecule has 659 valence electrons. The molecule has 6 aromatic carbocycles. The van der Waals surface area contributed by atoms with Crippen LogP contribution in [0.1, 0.15) is 274 Å². The topological polar surface area (TPSA) is 301 Å². The summed E-state index contributed by atoms with van der Waals surface area (Å²) in [7, 11) is 0. The fourth-order valence-corrected chi connectivity index (χ4v) is 6.63. The number of esters is 2. The van der Waals surface area contributed by atoms with E-state index in [-0.39, 0.29) is 123 Å². The molecule has 0 spiro atoms. The second-order valence-corrected chi connectivity index (χ2v) is 15.9. The molecule has 0 aliphatic carbocycles. The van der Waals surface area contributed by atoms with E-state index < -0.39 is 17.7 Å². The summed E-state index contributed by atoms with van der Waals surface area (Å²) in [6.07, 6.45) is 8.22. The van der Waals surface area contributed by atoms with Crippen LogP contribution in [0.3, 0.4) is 0 Å². The standard InChI is InChI=1S/C13H13NO4.2C10H8N.C9H6ClN.C9H7NO.C6H7N.18C2H6.CH3.2HNO2.H2N.3Y/c1-13(2)17-11(15)10(12(16)18-13)8-14-9-6-4-3-5-7-9;2*1-8-6-7-11-10-5-3-2-4-9(8)10;10-8-5-6-11-9-4-2-1-3-7(8)9;11-9-5-6-10-8-4-2-1-3-7(8)9;7-6-4-2-1-3-5-6;18*1-2;;2*2-1-3;;;;/h3-8,14H,1-2H3;2*2-7H,1H2;1-6H;1-6H,(H,10,11);1-5H,7H2;18*1-2H3;1H3;2*(H,2,3);1H2;;;/q;2*-1;;;;;;;;;;;;;;;;;;;;;;-1;;;-1;;;/p-2. The number of nitrogen functional groups attached to an aromatic ring is 1. The molecule has 1 fully saturated rings. The Balaban J connectivity index is -0.0000000485. The molecule has 0 atom stereocenters. The third kappa shape index (κ3) is 89.5. The molecule has 1 saturated heterocycles. The van der Waals surface area contributed by atoms with Crippen molar-refractivity contribution in [2.24, 2.45) is 10.7 Å². The molecule has 0 saturated carbocycles. The minimum atomic E-state index is -1.21. The Bertz CT molecular complexity index is 3290. The third-order valence-electron chi connectivity index (χ3n) is 9.81. The molecule has 0 amide bonds. The van der Waals surface area contributed by atoms with Crippen LogP contribution in [0, 0.1) is 41.5 Å². The molecular formula is C94H162ClN9O9Y3-6. The zero-order valence-corrected chi connectivity index (χ0v) is 89.1. The van der Waals surface area contributed by atoms with Gasteiger partial charge in [-0.15, -0.1) is 45.7 Å². The van der Waals surface area contributed by atoms with E-state index in [1.165, 1.54) is 26.1 Å². The summed E-state index contributed by atoms with van der Waals surface area (Å²) in [4.78, 5) is 65.9. The van der Waals surface area contributed by atoms with Crippen molar-refractivity contribution >= 4 is 78.5 Å². The molecule has 1 aliphatic heterocycles. The van der Waals surface area contributed by atoms with Crippen molar-refractivity contribution in [1.29, 1.82) is 0 Å². The van der Waals surface area contributed by atoms with E-state index in [1.54, 1.807) is 43.0 Å². The Morgan fingerprint density at radius 3 is 0.948 bits per heavy atom. The van der Waals surface area contributed by atoms with Gasteiger partial charge in [0.05, 0.1) is 10.5 Å². The van der Waals surface area contributed by atoms with Gasteiger partial charge in [0.1, 0.15) is 0 Å². The number of cyclic esters (lactones) is 2. The van der Waals surface area contributed by atoms with E-state index >= 15 is 0 Å². The number of halogens is 1. The molecule has 10 aromatic rings. The second-order valence-electron chi connectivity index (χ2n) is 15.5. The molecule has 0 bridgehead atoms. The first-order chi connectivity index (χ1) is 54.2. The number of para-hydroxylation sites is 6. The average molecular weight is 1860 g/mol. The molecule has 5 heterocycles. The van der Waals surface area contributed by atoms with Crippen LogP contribution in [-0.4, -0.2) is 37.7 Å². The van der Waals surface area contributed by atoms with Gasteiger partial charge in [0.2, 0.25) is 0 Å². The van der Waals surface area contributed by atoms with Crippen molar-refractivity contribution in [2.45, 2.75) is 269 Å². The summed E-state index contributed by atoms with van der Waals surface area (Å²) in [6.45, 7) is 82.8. The Morgan fingerprint density at radius 2 is 0.664 bits per heavy atom. The first-order valence-corrected chi connectivity index (χ1v) is 40.7. The molecule has 11 rings (SSSR count). The Labute approximate surface area is 791 Å². The van der Waals surface area contributed by atoms with Crippen LogP contribution in [0.4, 0.5) is 11.4 Å². The predicted octanol–water partition coefficient (Wildman–Crippen LogP) is 32.5. The zero-order chi connectivity index (χ0) is 90.4. The van der Waals surface area contributed by atoms with E-state index in [1.807, 2.05) is 407 Å². The van der Waals surface area contributed by atoms with Crippen molar-refractivity contribution < 1.29 is 117 Å². The molecule has 3 radical (unpaired) electrons. The van der Waals surface area contributed by atoms with Gasteiger partial charge in [0.25, 0.3) is 5.79 Å². The number of carbonyl (C=O) groups excluding carboxylic acids is 2. The number of nitrogens with two attached hydrogens (primary N) is 2. The van der Waals surface area contributed by atoms with Gasteiger partial charge in [-0.2, -0.15) is 25.0 Å². The SMILES string of the molecule is CC.CC.CC.CC.CC.CC.CC.CC.CC.CC.CC.CC.CC.CC.CC.CC.CC.CC.CC1(C)OC(=O)C(=CNc2ccccc2)C(=O)O1.Clc1ccnc2ccccc12.Nc1ccccc1.O=N[O-].O=N[O-].O=c1cc[nH]c2ccccc12.[CH2-]c1ccnc2ccccc12.[CH2-]c1ccnc2ccccc12.[CH3-].[NH2-].[Y].[Y].[Y]. The summed E-state index contributed by atoms with van der Waals surface area (Å²) in [5.41, 5.74) is 12.8. The van der Waals surface area contributed by atoms with Gasteiger partial charge in [0, 0.05) is 175 Å². The summed E-state index contributed by atoms with van der Waals surface area (Å²) >= 11 is 5.92. The minimum Gasteiger partial charge on any atom is -0.693 e. The van der Waals surface area contributed by atoms with Gasteiger partial charge in [-0.25, -0.2) is 9.59 Å². The van der Waals surface area contributed by atoms with E-state index in [0.717, 1.165) is 81.8 Å². The maximum atomic E-state index is 11.6. The van der Waals surface area contributed by atoms with Gasteiger partial charge >= 0.3 is 11.9 Å². The summed E-state index contributed by atoms with van der Waals surface area (Å²) < 4.78 is 9.91. The van der Waals surface area contributed by atoms with E-state index in [4.69, 9.17) is 47.0 Å². The van der Waals surface area contributed by atoms with Crippen molar-refractivity contribution in [3.63, 3.8) is 0 Å². The number of ether oxygens (including phenoxy) is 2. The van der Waals surface area contributed by atoms with Gasteiger partial charge < -0.3 is 59.3 Å². The quantitative estimate of drug-likeness (QED) is 0.0276. The molecule has 116 heavy (non-hydrogen) atoms. The monoisotopic (exact) mass is 1860 g/mol. The number of rotatable bonds is 2. The Kier molecular flexibility index (Phi) is 194. The van der Waals surface area contributed by atoms with Crippen LogP contribution in [0.15, 0.2) is 234 Å². The van der Waals surface area contributed by atoms with Crippen molar-refractivity contribution in [3.05, 3.63) is 293 Å². The van der Waals surface area contributed by atoms with Crippen molar-refractivity contribution in [1.82, 2.24) is 19.9 Å². The van der Waals surface area contributed by atoms with Crippen molar-refractivity contribution in [3.8, 4) is 0 Å². The molecule has 0 unspecified atom stereocenters. The first kappa shape index (κ1) is 161. The van der Waals surface area contributed by atoms with Crippen LogP contribution in [0.5, 0.6) is 0 Å². The second kappa shape index (κ2) is 140. The first-order valence-electron chi connectivity index (χ1n) is 40.3. The largest absolute Gasteiger partial charge is 0.693 e. The molecular weight excluding hydrogens is 1700 g/mol. The smallest absolute Gasteiger partial charge is 0.350 e. The summed E-state index contributed by atoms with van der Waals surface area (Å²) in [6, 6.07) is 57.1. The third-order valence-corrected chi connectivity index (χ3v) is 10.1. The van der Waals surface area contributed by atoms with Crippen LogP contribution in [0.2, 0.25) is 5.02 Å². The summed E-state index contributed by atoms with van der Waals surface area (Å²) in [5.74, 6) is -2.60. The number of fused-ring (bicyclic) bond motifs is 4. The molecule has 4 aromatic heterocycles. The number of hydrogen-bond acceptors (Lipinski definition) is 16. The van der Waals surface area contributed by atoms with Crippen LogP contribution < -0.4 is 16.5 Å². The van der Waals surface area contributed by atoms with Gasteiger partial charge in [-0.1, -0.05) is 352 Å². The number of H-pyrrole nitrogens is 1. The fraction of sp³-hybridized carbons (Fsp3) is 0.415. The fourth-order valence-electron chi connectivity index (χ4n) is 6.41. The van der Waals surface area contributed by atoms with Crippen LogP contribution in [0.25, 0.3) is 49.8 Å². The molecule has 6 N–H and O–H groups in total. The summed E-state index contributed by atoms with van der Waals surface area (Å²) in [5, 5.41) is 25.6. The van der Waals surface area contributed by atoms with Gasteiger partial charge in [0.15, 0.2) is 11.0 Å². The Morgan fingerprint density at radius 1 is 0.405 bits per heavy atom. The number of carbonyl (C=O) groups is 2.